The third-order valence-corrected chi connectivity index (χ3v) is 13.5. The van der Waals surface area contributed by atoms with E-state index in [-0.39, 0.29) is 48.9 Å². The zero-order valence-corrected chi connectivity index (χ0v) is 39.9. The molecule has 1 aromatic carbocycles. The molecule has 2 aliphatic rings. The summed E-state index contributed by atoms with van der Waals surface area (Å²) in [6, 6.07) is 7.04. The molecule has 0 saturated carbocycles. The lowest BCUT2D eigenvalue weighted by molar-refractivity contribution is -0.146. The molecular formula is C43H73N10O9P. The number of nitrogens with zero attached hydrogens (tertiary/aromatic N) is 9. The van der Waals surface area contributed by atoms with Crippen LogP contribution in [0.5, 0.6) is 0 Å². The molecule has 1 unspecified atom stereocenters. The van der Waals surface area contributed by atoms with Crippen molar-refractivity contribution in [1.82, 2.24) is 29.8 Å². The Morgan fingerprint density at radius 3 is 2.14 bits per heavy atom. The number of carbonyl (C=O) groups is 4. The molecule has 2 aliphatic heterocycles. The number of amides is 4. The molecule has 2 fully saturated rings. The first-order valence-electron chi connectivity index (χ1n) is 22.1. The Labute approximate surface area is 373 Å². The largest absolute Gasteiger partial charge is 0.379 e. The monoisotopic (exact) mass is 905 g/mol. The minimum Gasteiger partial charge on any atom is -0.379 e. The van der Waals surface area contributed by atoms with Gasteiger partial charge in [-0.05, 0) is 42.2 Å². The second kappa shape index (κ2) is 25.3. The number of benzene rings is 1. The highest BCUT2D eigenvalue weighted by Gasteiger charge is 2.44. The summed E-state index contributed by atoms with van der Waals surface area (Å²) in [7, 11) is 3.77. The number of ether oxygens (including phenoxy) is 2. The van der Waals surface area contributed by atoms with Gasteiger partial charge in [-0.1, -0.05) is 76.5 Å². The number of piperazine rings is 1. The number of rotatable bonds is 22. The van der Waals surface area contributed by atoms with E-state index in [1.54, 1.807) is 59.0 Å². The average molecular weight is 905 g/mol. The van der Waals surface area contributed by atoms with Gasteiger partial charge in [-0.2, -0.15) is 0 Å². The molecule has 3 N–H and O–H groups in total. The van der Waals surface area contributed by atoms with Crippen molar-refractivity contribution in [3.8, 4) is 0 Å². The Kier molecular flexibility index (Phi) is 21.3. The number of carbonyl (C=O) groups excluding carboxylic acids is 4. The van der Waals surface area contributed by atoms with Crippen LogP contribution in [0, 0.1) is 17.8 Å². The summed E-state index contributed by atoms with van der Waals surface area (Å²) in [4.78, 5) is 92.7. The molecule has 1 aromatic rings. The van der Waals surface area contributed by atoms with Gasteiger partial charge < -0.3 is 49.1 Å². The number of guanidine groups is 1. The zero-order chi connectivity index (χ0) is 47.0. The fourth-order valence-corrected chi connectivity index (χ4v) is 9.40. The summed E-state index contributed by atoms with van der Waals surface area (Å²) in [6.45, 7) is 12.3. The van der Waals surface area contributed by atoms with Crippen LogP contribution in [0.2, 0.25) is 0 Å². The van der Waals surface area contributed by atoms with E-state index in [1.807, 2.05) is 46.7 Å². The molecule has 0 aromatic heterocycles. The van der Waals surface area contributed by atoms with Crippen molar-refractivity contribution in [1.29, 1.82) is 0 Å². The second-order valence-electron chi connectivity index (χ2n) is 17.3. The van der Waals surface area contributed by atoms with Gasteiger partial charge in [0.25, 0.3) is 0 Å². The highest BCUT2D eigenvalue weighted by molar-refractivity contribution is 7.52. The molecule has 8 atom stereocenters. The van der Waals surface area contributed by atoms with Crippen LogP contribution in [0.1, 0.15) is 78.7 Å². The van der Waals surface area contributed by atoms with Crippen molar-refractivity contribution < 1.29 is 43.0 Å². The van der Waals surface area contributed by atoms with Gasteiger partial charge in [-0.25, -0.2) is 4.99 Å². The number of nitrogens with one attached hydrogen (secondary N) is 1. The molecular weight excluding hydrogens is 832 g/mol. The molecule has 19 nitrogen and oxygen atoms in total. The van der Waals surface area contributed by atoms with E-state index in [0.29, 0.717) is 76.4 Å². The highest BCUT2D eigenvalue weighted by Crippen LogP contribution is 2.41. The maximum atomic E-state index is 14.6. The summed E-state index contributed by atoms with van der Waals surface area (Å²) in [6.07, 6.45) is 1.17. The molecule has 2 saturated heterocycles. The number of aliphatic imine (C=N–C) groups is 1. The van der Waals surface area contributed by atoms with Crippen molar-refractivity contribution in [2.75, 3.05) is 74.6 Å². The van der Waals surface area contributed by atoms with E-state index >= 15 is 0 Å². The fraction of sp³-hybridized carbons (Fsp3) is 0.744. The highest BCUT2D eigenvalue weighted by atomic mass is 31.2. The second-order valence-corrected chi connectivity index (χ2v) is 19.1. The lowest BCUT2D eigenvalue weighted by Crippen LogP contribution is -2.56. The molecule has 63 heavy (non-hydrogen) atoms. The van der Waals surface area contributed by atoms with E-state index in [4.69, 9.17) is 20.0 Å². The van der Waals surface area contributed by atoms with Gasteiger partial charge in [-0.15, -0.1) is 0 Å². The molecule has 0 radical (unpaired) electrons. The zero-order valence-electron chi connectivity index (χ0n) is 39.0. The summed E-state index contributed by atoms with van der Waals surface area (Å²) in [5.74, 6) is -2.93. The van der Waals surface area contributed by atoms with E-state index in [0.717, 1.165) is 0 Å². The average Bonchev–Trinajstić information content (AvgIpc) is 3.74. The van der Waals surface area contributed by atoms with Crippen LogP contribution in [0.4, 0.5) is 0 Å². The number of likely N-dealkylation sites (tertiary alicyclic amines) is 1. The van der Waals surface area contributed by atoms with Crippen LogP contribution in [-0.2, 0) is 39.6 Å². The molecule has 354 valence electrons. The lowest BCUT2D eigenvalue weighted by Gasteiger charge is -2.41. The summed E-state index contributed by atoms with van der Waals surface area (Å²) < 4.78 is 24.4. The number of hydrogen-bond donors (Lipinski definition) is 3. The summed E-state index contributed by atoms with van der Waals surface area (Å²) in [5.41, 5.74) is 9.18. The van der Waals surface area contributed by atoms with Crippen molar-refractivity contribution in [3.63, 3.8) is 0 Å². The minimum atomic E-state index is -4.73. The topological polar surface area (TPSA) is 234 Å². The third kappa shape index (κ3) is 14.9. The first kappa shape index (κ1) is 53.1. The van der Waals surface area contributed by atoms with E-state index in [2.05, 4.69) is 20.2 Å². The third-order valence-electron chi connectivity index (χ3n) is 12.4. The van der Waals surface area contributed by atoms with Gasteiger partial charge in [0.2, 0.25) is 23.6 Å². The maximum absolute atomic E-state index is 14.6. The van der Waals surface area contributed by atoms with Crippen LogP contribution in [0.25, 0.3) is 10.4 Å². The molecule has 2 heterocycles. The predicted octanol–water partition coefficient (Wildman–Crippen LogP) is 3.95. The molecule has 0 bridgehead atoms. The Morgan fingerprint density at radius 1 is 0.968 bits per heavy atom. The Hall–Kier alpha value is -4.25. The van der Waals surface area contributed by atoms with Crippen LogP contribution in [0.15, 0.2) is 40.4 Å². The number of azide groups is 1. The molecule has 0 aliphatic carbocycles. The normalized spacial score (nSPS) is 19.3. The number of methoxy groups -OCH3 is 2. The Bertz CT molecular complexity index is 1770. The van der Waals surface area contributed by atoms with Crippen molar-refractivity contribution in [3.05, 3.63) is 46.3 Å². The predicted molar refractivity (Wildman–Crippen MR) is 241 cm³/mol. The maximum Gasteiger partial charge on any atom is 0.347 e. The molecule has 4 amide bonds. The van der Waals surface area contributed by atoms with E-state index in [9.17, 15) is 33.5 Å². The minimum absolute atomic E-state index is 0.00915. The molecule has 3 rings (SSSR count). The smallest absolute Gasteiger partial charge is 0.347 e. The first-order chi connectivity index (χ1) is 29.8. The van der Waals surface area contributed by atoms with Crippen LogP contribution in [0.3, 0.4) is 0 Å². The summed E-state index contributed by atoms with van der Waals surface area (Å²) in [5, 5.41) is 6.09. The summed E-state index contributed by atoms with van der Waals surface area (Å²) >= 11 is 0. The quantitative estimate of drug-likeness (QED) is 0.0287. The van der Waals surface area contributed by atoms with Crippen LogP contribution in [-0.4, -0.2) is 175 Å². The van der Waals surface area contributed by atoms with Gasteiger partial charge in [-0.3, -0.25) is 23.7 Å². The number of hydrogen-bond acceptors (Lipinski definition) is 9. The lowest BCUT2D eigenvalue weighted by atomic mass is 9.89. The van der Waals surface area contributed by atoms with E-state index < -0.39 is 55.5 Å². The van der Waals surface area contributed by atoms with Gasteiger partial charge >= 0.3 is 7.60 Å². The van der Waals surface area contributed by atoms with Crippen LogP contribution < -0.4 is 5.32 Å². The molecule has 20 heteroatoms. The van der Waals surface area contributed by atoms with Crippen molar-refractivity contribution >= 4 is 37.2 Å². The first-order valence-corrected chi connectivity index (χ1v) is 23.8. The standard InChI is InChI=1S/C43H73N10O9P/c1-11-30(4)39(50(8)42(57)38(29(2)3)47-43(49(6)7)52-25-23-51(24-26-52)36(54)20-15-21-45-48-44)34(61-9)28-37(55)53-22-16-19-33(53)40(62-10)31(5)41(56)46-35(63(58,59)60)27-32-17-13-12-14-18-32/h12-14,17-18,29-31,33-35,38-40H,11,15-16,19-28H2,1-10H3,(H,46,56)(H2,58,59,60)/b47-43-/t30-,31+,33?,34-,35-,38+,39-,40+/m0/s1. The van der Waals surface area contributed by atoms with Gasteiger partial charge in [0.1, 0.15) is 11.8 Å². The van der Waals surface area contributed by atoms with Gasteiger partial charge in [0.15, 0.2) is 5.96 Å². The van der Waals surface area contributed by atoms with Crippen LogP contribution >= 0.6 is 7.60 Å². The van der Waals surface area contributed by atoms with Gasteiger partial charge in [0.05, 0.1) is 36.6 Å². The Balaban J connectivity index is 1.79. The van der Waals surface area contributed by atoms with Gasteiger partial charge in [0, 0.05) is 92.4 Å². The fourth-order valence-electron chi connectivity index (χ4n) is 8.66. The van der Waals surface area contributed by atoms with Crippen molar-refractivity contribution in [2.24, 2.45) is 27.9 Å². The van der Waals surface area contributed by atoms with Crippen molar-refractivity contribution in [2.45, 2.75) is 116 Å². The SMILES string of the molecule is CC[C@H](C)[C@@H]([C@H](CC(=O)N1CCCC1[C@H](OC)[C@@H](C)C(=O)N[C@H](Cc1ccccc1)P(=O)(O)O)OC)N(C)C(=O)[C@H](/N=C(/N(C)C)N1CCN(C(=O)CCCN=[N+]=[N-])CC1)C(C)C. The van der Waals surface area contributed by atoms with E-state index in [1.165, 1.54) is 14.2 Å². The molecule has 0 spiro atoms. The number of likely N-dealkylation sites (N-methyl/N-ethyl adjacent to an activating group) is 1. The Morgan fingerprint density at radius 2 is 1.60 bits per heavy atom.